The Balaban J connectivity index is 2.61. The van der Waals surface area contributed by atoms with Crippen LogP contribution in [0.25, 0.3) is 0 Å². The van der Waals surface area contributed by atoms with Gasteiger partial charge in [0.1, 0.15) is 6.61 Å². The zero-order chi connectivity index (χ0) is 14.6. The number of ether oxygens (including phenoxy) is 4. The number of hydrogen-bond acceptors (Lipinski definition) is 5. The van der Waals surface area contributed by atoms with Crippen molar-refractivity contribution in [1.29, 1.82) is 0 Å². The Bertz CT molecular complexity index is 371. The molecule has 0 spiro atoms. The van der Waals surface area contributed by atoms with Crippen LogP contribution in [0.5, 0.6) is 11.5 Å². The number of benzene rings is 1. The molecule has 0 aliphatic heterocycles. The van der Waals surface area contributed by atoms with Crippen molar-refractivity contribution < 1.29 is 18.9 Å². The second-order valence-electron chi connectivity index (χ2n) is 4.16. The second-order valence-corrected chi connectivity index (χ2v) is 4.16. The molecule has 114 valence electrons. The standard InChI is InChI=1S/C15H25NO4/c1-4-19-10-11-20-15-13(12-16-8-9-17-2)6-5-7-14(15)18-3/h5-7,16H,4,8-12H2,1-3H3. The van der Waals surface area contributed by atoms with Crippen LogP contribution in [-0.2, 0) is 16.0 Å². The predicted molar refractivity (Wildman–Crippen MR) is 78.6 cm³/mol. The fraction of sp³-hybridized carbons (Fsp3) is 0.600. The van der Waals surface area contributed by atoms with Crippen LogP contribution < -0.4 is 14.8 Å². The van der Waals surface area contributed by atoms with Crippen molar-refractivity contribution in [2.45, 2.75) is 13.5 Å². The van der Waals surface area contributed by atoms with E-state index in [-0.39, 0.29) is 0 Å². The molecule has 0 aliphatic rings. The summed E-state index contributed by atoms with van der Waals surface area (Å²) in [4.78, 5) is 0. The van der Waals surface area contributed by atoms with Gasteiger partial charge in [0.25, 0.3) is 0 Å². The first kappa shape index (κ1) is 16.8. The molecule has 0 saturated carbocycles. The van der Waals surface area contributed by atoms with Gasteiger partial charge in [0, 0.05) is 32.4 Å². The van der Waals surface area contributed by atoms with E-state index in [1.165, 1.54) is 0 Å². The first-order valence-electron chi connectivity index (χ1n) is 6.89. The third-order valence-electron chi connectivity index (χ3n) is 2.76. The van der Waals surface area contributed by atoms with Gasteiger partial charge >= 0.3 is 0 Å². The fourth-order valence-corrected chi connectivity index (χ4v) is 1.77. The average Bonchev–Trinajstić information content (AvgIpc) is 2.48. The summed E-state index contributed by atoms with van der Waals surface area (Å²) in [5.74, 6) is 1.52. The minimum absolute atomic E-state index is 0.513. The Hall–Kier alpha value is -1.30. The van der Waals surface area contributed by atoms with E-state index < -0.39 is 0 Å². The summed E-state index contributed by atoms with van der Waals surface area (Å²) >= 11 is 0. The van der Waals surface area contributed by atoms with Gasteiger partial charge < -0.3 is 24.3 Å². The quantitative estimate of drug-likeness (QED) is 0.628. The zero-order valence-corrected chi connectivity index (χ0v) is 12.6. The number of rotatable bonds is 11. The van der Waals surface area contributed by atoms with Gasteiger partial charge in [-0.2, -0.15) is 0 Å². The summed E-state index contributed by atoms with van der Waals surface area (Å²) < 4.78 is 21.4. The number of nitrogens with one attached hydrogen (secondary N) is 1. The summed E-state index contributed by atoms with van der Waals surface area (Å²) in [6.45, 7) is 5.94. The van der Waals surface area contributed by atoms with Gasteiger partial charge in [0.05, 0.1) is 20.3 Å². The van der Waals surface area contributed by atoms with Crippen molar-refractivity contribution in [1.82, 2.24) is 5.32 Å². The maximum absolute atomic E-state index is 5.80. The molecule has 0 heterocycles. The SMILES string of the molecule is CCOCCOc1c(CNCCOC)cccc1OC. The Morgan fingerprint density at radius 3 is 2.65 bits per heavy atom. The van der Waals surface area contributed by atoms with Crippen molar-refractivity contribution in [3.8, 4) is 11.5 Å². The average molecular weight is 283 g/mol. The first-order chi connectivity index (χ1) is 9.83. The van der Waals surface area contributed by atoms with E-state index in [9.17, 15) is 0 Å². The van der Waals surface area contributed by atoms with Gasteiger partial charge in [0.2, 0.25) is 0 Å². The van der Waals surface area contributed by atoms with E-state index in [0.29, 0.717) is 33.0 Å². The van der Waals surface area contributed by atoms with E-state index in [4.69, 9.17) is 18.9 Å². The van der Waals surface area contributed by atoms with Crippen LogP contribution in [0.15, 0.2) is 18.2 Å². The lowest BCUT2D eigenvalue weighted by Gasteiger charge is -2.15. The second kappa shape index (κ2) is 10.5. The summed E-state index contributed by atoms with van der Waals surface area (Å²) in [6, 6.07) is 5.88. The third kappa shape index (κ3) is 5.77. The Kier molecular flexibility index (Phi) is 8.78. The van der Waals surface area contributed by atoms with Gasteiger partial charge in [-0.05, 0) is 13.0 Å². The molecule has 1 N–H and O–H groups in total. The van der Waals surface area contributed by atoms with Crippen LogP contribution in [-0.4, -0.2) is 47.2 Å². The lowest BCUT2D eigenvalue weighted by molar-refractivity contribution is 0.108. The fourth-order valence-electron chi connectivity index (χ4n) is 1.77. The highest BCUT2D eigenvalue weighted by Crippen LogP contribution is 2.30. The normalized spacial score (nSPS) is 10.6. The molecule has 0 aliphatic carbocycles. The van der Waals surface area contributed by atoms with Gasteiger partial charge in [0.15, 0.2) is 11.5 Å². The molecule has 1 aromatic carbocycles. The molecule has 5 nitrogen and oxygen atoms in total. The van der Waals surface area contributed by atoms with Gasteiger partial charge in [-0.25, -0.2) is 0 Å². The Morgan fingerprint density at radius 1 is 1.10 bits per heavy atom. The predicted octanol–water partition coefficient (Wildman–Crippen LogP) is 1.85. The summed E-state index contributed by atoms with van der Waals surface area (Å²) in [5.41, 5.74) is 1.07. The van der Waals surface area contributed by atoms with Gasteiger partial charge in [-0.1, -0.05) is 12.1 Å². The monoisotopic (exact) mass is 283 g/mol. The molecular weight excluding hydrogens is 258 g/mol. The smallest absolute Gasteiger partial charge is 0.165 e. The first-order valence-corrected chi connectivity index (χ1v) is 6.89. The van der Waals surface area contributed by atoms with E-state index in [1.54, 1.807) is 14.2 Å². The van der Waals surface area contributed by atoms with Crippen LogP contribution in [0.4, 0.5) is 0 Å². The maximum atomic E-state index is 5.80. The van der Waals surface area contributed by atoms with Crippen LogP contribution in [0, 0.1) is 0 Å². The van der Waals surface area contributed by atoms with E-state index in [0.717, 1.165) is 23.6 Å². The van der Waals surface area contributed by atoms with Crippen LogP contribution in [0.2, 0.25) is 0 Å². The third-order valence-corrected chi connectivity index (χ3v) is 2.76. The highest BCUT2D eigenvalue weighted by Gasteiger charge is 2.10. The Labute approximate surface area is 121 Å². The molecule has 0 amide bonds. The maximum Gasteiger partial charge on any atom is 0.165 e. The van der Waals surface area contributed by atoms with E-state index in [2.05, 4.69) is 5.32 Å². The molecule has 1 aromatic rings. The minimum Gasteiger partial charge on any atom is -0.493 e. The highest BCUT2D eigenvalue weighted by atomic mass is 16.5. The Morgan fingerprint density at radius 2 is 1.95 bits per heavy atom. The molecule has 0 aromatic heterocycles. The highest BCUT2D eigenvalue weighted by molar-refractivity contribution is 5.46. The lowest BCUT2D eigenvalue weighted by atomic mass is 10.2. The molecule has 20 heavy (non-hydrogen) atoms. The molecule has 0 fully saturated rings. The summed E-state index contributed by atoms with van der Waals surface area (Å²) in [5, 5.41) is 3.30. The van der Waals surface area contributed by atoms with Crippen LogP contribution in [0.3, 0.4) is 0 Å². The molecule has 0 radical (unpaired) electrons. The molecule has 0 saturated heterocycles. The topological polar surface area (TPSA) is 49.0 Å². The van der Waals surface area contributed by atoms with Crippen molar-refractivity contribution in [3.63, 3.8) is 0 Å². The van der Waals surface area contributed by atoms with E-state index >= 15 is 0 Å². The molecule has 0 atom stereocenters. The van der Waals surface area contributed by atoms with Crippen LogP contribution >= 0.6 is 0 Å². The molecule has 0 bridgehead atoms. The van der Waals surface area contributed by atoms with Gasteiger partial charge in [-0.15, -0.1) is 0 Å². The molecule has 5 heteroatoms. The largest absolute Gasteiger partial charge is 0.493 e. The van der Waals surface area contributed by atoms with E-state index in [1.807, 2.05) is 25.1 Å². The van der Waals surface area contributed by atoms with Crippen molar-refractivity contribution in [3.05, 3.63) is 23.8 Å². The van der Waals surface area contributed by atoms with Gasteiger partial charge in [-0.3, -0.25) is 0 Å². The van der Waals surface area contributed by atoms with Crippen molar-refractivity contribution in [2.75, 3.05) is 47.2 Å². The minimum atomic E-state index is 0.513. The summed E-state index contributed by atoms with van der Waals surface area (Å²) in [6.07, 6.45) is 0. The zero-order valence-electron chi connectivity index (χ0n) is 12.6. The lowest BCUT2D eigenvalue weighted by Crippen LogP contribution is -2.19. The molecule has 0 unspecified atom stereocenters. The molecular formula is C15H25NO4. The number of hydrogen-bond donors (Lipinski definition) is 1. The van der Waals surface area contributed by atoms with Crippen molar-refractivity contribution >= 4 is 0 Å². The van der Waals surface area contributed by atoms with Crippen LogP contribution in [0.1, 0.15) is 12.5 Å². The number of methoxy groups -OCH3 is 2. The van der Waals surface area contributed by atoms with Crippen molar-refractivity contribution in [2.24, 2.45) is 0 Å². The molecule has 1 rings (SSSR count). The number of para-hydroxylation sites is 1. The summed E-state index contributed by atoms with van der Waals surface area (Å²) in [7, 11) is 3.34.